The summed E-state index contributed by atoms with van der Waals surface area (Å²) in [7, 11) is 0. The molecule has 0 bridgehead atoms. The number of hydroxylamine groups is 2. The molecule has 1 aliphatic rings. The summed E-state index contributed by atoms with van der Waals surface area (Å²) in [6.45, 7) is 0.261. The number of amides is 1. The van der Waals surface area contributed by atoms with Crippen molar-refractivity contribution in [3.8, 4) is 0 Å². The van der Waals surface area contributed by atoms with Crippen molar-refractivity contribution in [3.63, 3.8) is 0 Å². The van der Waals surface area contributed by atoms with Gasteiger partial charge in [0.1, 0.15) is 6.04 Å². The average molecular weight is 206 g/mol. The minimum absolute atomic E-state index is 0.261. The third-order valence-corrected chi connectivity index (χ3v) is 2.13. The largest absolute Gasteiger partial charge is 0.363 e. The number of carbonyl (C=O) groups is 2. The van der Waals surface area contributed by atoms with Crippen LogP contribution in [0.5, 0.6) is 0 Å². The van der Waals surface area contributed by atoms with E-state index in [1.54, 1.807) is 30.3 Å². The van der Waals surface area contributed by atoms with E-state index in [0.29, 0.717) is 5.56 Å². The number of β-lactam (4-membered cyclic amide) rings is 1. The molecule has 1 amide bonds. The van der Waals surface area contributed by atoms with Gasteiger partial charge in [0.2, 0.25) is 0 Å². The van der Waals surface area contributed by atoms with Gasteiger partial charge >= 0.3 is 5.97 Å². The van der Waals surface area contributed by atoms with Crippen molar-refractivity contribution in [2.45, 2.75) is 6.04 Å². The van der Waals surface area contributed by atoms with Crippen molar-refractivity contribution in [3.05, 3.63) is 35.9 Å². The lowest BCUT2D eigenvalue weighted by molar-refractivity contribution is -0.189. The third kappa shape index (κ3) is 1.82. The molecule has 1 aromatic carbocycles. The van der Waals surface area contributed by atoms with E-state index in [2.05, 4.69) is 0 Å². The van der Waals surface area contributed by atoms with Crippen molar-refractivity contribution < 1.29 is 14.4 Å². The van der Waals surface area contributed by atoms with Crippen LogP contribution >= 0.6 is 0 Å². The zero-order valence-corrected chi connectivity index (χ0v) is 7.92. The van der Waals surface area contributed by atoms with E-state index in [1.807, 2.05) is 0 Å². The van der Waals surface area contributed by atoms with Gasteiger partial charge in [-0.25, -0.2) is 4.79 Å². The smallest absolute Gasteiger partial charge is 0.333 e. The Bertz CT molecular complexity index is 391. The molecule has 0 spiro atoms. The van der Waals surface area contributed by atoms with E-state index in [1.165, 1.54) is 0 Å². The highest BCUT2D eigenvalue weighted by Crippen LogP contribution is 2.11. The van der Waals surface area contributed by atoms with Crippen LogP contribution in [0, 0.1) is 0 Å². The van der Waals surface area contributed by atoms with E-state index < -0.39 is 12.0 Å². The van der Waals surface area contributed by atoms with Crippen molar-refractivity contribution in [2.24, 2.45) is 5.73 Å². The fourth-order valence-corrected chi connectivity index (χ4v) is 1.23. The Hall–Kier alpha value is -1.88. The molecule has 5 nitrogen and oxygen atoms in total. The van der Waals surface area contributed by atoms with E-state index in [-0.39, 0.29) is 12.5 Å². The number of carbonyl (C=O) groups excluding carboxylic acids is 2. The fraction of sp³-hybridized carbons (Fsp3) is 0.200. The average Bonchev–Trinajstić information content (AvgIpc) is 2.29. The van der Waals surface area contributed by atoms with Gasteiger partial charge in [0, 0.05) is 0 Å². The van der Waals surface area contributed by atoms with Crippen molar-refractivity contribution in [1.29, 1.82) is 0 Å². The molecule has 1 atom stereocenters. The third-order valence-electron chi connectivity index (χ3n) is 2.13. The van der Waals surface area contributed by atoms with Crippen LogP contribution < -0.4 is 5.73 Å². The fourth-order valence-electron chi connectivity index (χ4n) is 1.23. The molecule has 2 N–H and O–H groups in total. The summed E-state index contributed by atoms with van der Waals surface area (Å²) in [5.74, 6) is -0.907. The van der Waals surface area contributed by atoms with E-state index in [0.717, 1.165) is 5.06 Å². The molecule has 0 saturated carbocycles. The first-order valence-electron chi connectivity index (χ1n) is 4.53. The highest BCUT2D eigenvalue weighted by Gasteiger charge is 2.37. The van der Waals surface area contributed by atoms with Gasteiger partial charge < -0.3 is 10.6 Å². The molecule has 0 aromatic heterocycles. The Morgan fingerprint density at radius 1 is 1.40 bits per heavy atom. The van der Waals surface area contributed by atoms with Gasteiger partial charge in [0.15, 0.2) is 0 Å². The lowest BCUT2D eigenvalue weighted by Gasteiger charge is -2.33. The molecule has 0 radical (unpaired) electrons. The molecular weight excluding hydrogens is 196 g/mol. The minimum Gasteiger partial charge on any atom is -0.333 e. The summed E-state index contributed by atoms with van der Waals surface area (Å²) in [5.41, 5.74) is 5.75. The molecule has 1 saturated heterocycles. The molecule has 15 heavy (non-hydrogen) atoms. The second-order valence-electron chi connectivity index (χ2n) is 3.25. The Morgan fingerprint density at radius 3 is 2.60 bits per heavy atom. The number of hydrogen-bond donors (Lipinski definition) is 1. The molecule has 1 fully saturated rings. The van der Waals surface area contributed by atoms with Gasteiger partial charge in [-0.15, -0.1) is 0 Å². The number of benzene rings is 1. The second-order valence-corrected chi connectivity index (χ2v) is 3.25. The number of nitrogens with zero attached hydrogens (tertiary/aromatic N) is 1. The Kier molecular flexibility index (Phi) is 2.39. The highest BCUT2D eigenvalue weighted by atomic mass is 16.7. The molecule has 0 aliphatic carbocycles. The highest BCUT2D eigenvalue weighted by molar-refractivity contribution is 5.92. The van der Waals surface area contributed by atoms with Crippen LogP contribution in [0.1, 0.15) is 10.4 Å². The summed E-state index contributed by atoms with van der Waals surface area (Å²) < 4.78 is 0. The van der Waals surface area contributed by atoms with E-state index >= 15 is 0 Å². The summed E-state index contributed by atoms with van der Waals surface area (Å²) >= 11 is 0. The maximum absolute atomic E-state index is 11.4. The van der Waals surface area contributed by atoms with Gasteiger partial charge in [-0.3, -0.25) is 4.79 Å². The summed E-state index contributed by atoms with van der Waals surface area (Å²) in [5, 5.41) is 0.972. The Balaban J connectivity index is 1.97. The summed E-state index contributed by atoms with van der Waals surface area (Å²) in [6, 6.07) is 7.94. The van der Waals surface area contributed by atoms with Crippen molar-refractivity contribution >= 4 is 11.9 Å². The zero-order valence-electron chi connectivity index (χ0n) is 7.92. The van der Waals surface area contributed by atoms with Crippen LogP contribution in [0.4, 0.5) is 0 Å². The lowest BCUT2D eigenvalue weighted by atomic mass is 10.2. The van der Waals surface area contributed by atoms with E-state index in [4.69, 9.17) is 10.6 Å². The van der Waals surface area contributed by atoms with Crippen LogP contribution in [0.15, 0.2) is 30.3 Å². The summed E-state index contributed by atoms with van der Waals surface area (Å²) in [6.07, 6.45) is 0. The van der Waals surface area contributed by atoms with E-state index in [9.17, 15) is 9.59 Å². The zero-order chi connectivity index (χ0) is 10.8. The van der Waals surface area contributed by atoms with Crippen LogP contribution in [-0.2, 0) is 9.63 Å². The molecule has 1 heterocycles. The maximum atomic E-state index is 11.4. The van der Waals surface area contributed by atoms with Gasteiger partial charge in [0.05, 0.1) is 12.1 Å². The van der Waals surface area contributed by atoms with Crippen LogP contribution in [0.2, 0.25) is 0 Å². The molecular formula is C10H10N2O3. The first-order valence-corrected chi connectivity index (χ1v) is 4.53. The summed E-state index contributed by atoms with van der Waals surface area (Å²) in [4.78, 5) is 27.3. The standard InChI is InChI=1S/C10H10N2O3/c11-8-6-12(9(8)13)15-10(14)7-4-2-1-3-5-7/h1-5,8H,6,11H2. The van der Waals surface area contributed by atoms with Crippen LogP contribution in [0.25, 0.3) is 0 Å². The quantitative estimate of drug-likeness (QED) is 0.687. The minimum atomic E-state index is -0.546. The molecule has 5 heteroatoms. The monoisotopic (exact) mass is 206 g/mol. The first-order chi connectivity index (χ1) is 7.18. The topological polar surface area (TPSA) is 72.6 Å². The normalized spacial score (nSPS) is 19.7. The SMILES string of the molecule is NC1CN(OC(=O)c2ccccc2)C1=O. The Labute approximate surface area is 86.4 Å². The predicted molar refractivity (Wildman–Crippen MR) is 51.5 cm³/mol. The number of nitrogens with two attached hydrogens (primary N) is 1. The molecule has 1 unspecified atom stereocenters. The van der Waals surface area contributed by atoms with Gasteiger partial charge in [-0.1, -0.05) is 18.2 Å². The number of hydrogen-bond acceptors (Lipinski definition) is 4. The maximum Gasteiger partial charge on any atom is 0.363 e. The van der Waals surface area contributed by atoms with Gasteiger partial charge in [-0.05, 0) is 12.1 Å². The molecule has 2 rings (SSSR count). The van der Waals surface area contributed by atoms with Gasteiger partial charge in [-0.2, -0.15) is 5.06 Å². The first kappa shape index (κ1) is 9.67. The Morgan fingerprint density at radius 2 is 2.07 bits per heavy atom. The van der Waals surface area contributed by atoms with Crippen molar-refractivity contribution in [1.82, 2.24) is 5.06 Å². The molecule has 1 aromatic rings. The van der Waals surface area contributed by atoms with Crippen LogP contribution in [-0.4, -0.2) is 29.5 Å². The number of rotatable bonds is 2. The second kappa shape index (κ2) is 3.70. The molecule has 1 aliphatic heterocycles. The predicted octanol–water partition coefficient (Wildman–Crippen LogP) is -0.0721. The lowest BCUT2D eigenvalue weighted by Crippen LogP contribution is -2.61. The van der Waals surface area contributed by atoms with Crippen LogP contribution in [0.3, 0.4) is 0 Å². The van der Waals surface area contributed by atoms with Gasteiger partial charge in [0.25, 0.3) is 5.91 Å². The molecule has 78 valence electrons. The van der Waals surface area contributed by atoms with Crippen molar-refractivity contribution in [2.75, 3.05) is 6.54 Å².